The molecule has 6 nitrogen and oxygen atoms in total. The van der Waals surface area contributed by atoms with Gasteiger partial charge in [0.25, 0.3) is 0 Å². The number of nitrogens with one attached hydrogen (secondary N) is 2. The van der Waals surface area contributed by atoms with Crippen LogP contribution in [0.1, 0.15) is 18.4 Å². The predicted octanol–water partition coefficient (Wildman–Crippen LogP) is 1.11. The molecular formula is C16H19N3O3S. The molecule has 2 heterocycles. The molecule has 1 aromatic rings. The van der Waals surface area contributed by atoms with Gasteiger partial charge in [-0.3, -0.25) is 14.4 Å². The Labute approximate surface area is 139 Å². The van der Waals surface area contributed by atoms with Gasteiger partial charge in [-0.05, 0) is 25.0 Å². The van der Waals surface area contributed by atoms with E-state index < -0.39 is 12.1 Å². The highest BCUT2D eigenvalue weighted by Gasteiger charge is 2.39. The predicted molar refractivity (Wildman–Crippen MR) is 88.9 cm³/mol. The van der Waals surface area contributed by atoms with Crippen LogP contribution in [0.3, 0.4) is 0 Å². The molecule has 2 saturated heterocycles. The lowest BCUT2D eigenvalue weighted by Crippen LogP contribution is -2.50. The van der Waals surface area contributed by atoms with Gasteiger partial charge < -0.3 is 15.5 Å². The second-order valence-electron chi connectivity index (χ2n) is 5.79. The number of para-hydroxylation sites is 1. The Balaban J connectivity index is 1.68. The molecule has 2 fully saturated rings. The third-order valence-electron chi connectivity index (χ3n) is 4.16. The van der Waals surface area contributed by atoms with E-state index in [0.717, 1.165) is 11.3 Å². The molecule has 2 aliphatic rings. The van der Waals surface area contributed by atoms with Crippen LogP contribution < -0.4 is 10.6 Å². The van der Waals surface area contributed by atoms with Gasteiger partial charge in [-0.2, -0.15) is 0 Å². The van der Waals surface area contributed by atoms with E-state index in [1.54, 1.807) is 16.7 Å². The van der Waals surface area contributed by atoms with E-state index in [4.69, 9.17) is 0 Å². The van der Waals surface area contributed by atoms with Crippen LogP contribution in [0, 0.1) is 6.92 Å². The molecule has 2 aliphatic heterocycles. The fourth-order valence-electron chi connectivity index (χ4n) is 2.81. The number of carbonyl (C=O) groups excluding carboxylic acids is 3. The van der Waals surface area contributed by atoms with Crippen LogP contribution in [0.4, 0.5) is 5.69 Å². The Morgan fingerprint density at radius 1 is 1.35 bits per heavy atom. The summed E-state index contributed by atoms with van der Waals surface area (Å²) in [6.07, 6.45) is 0.877. The molecule has 0 aromatic heterocycles. The summed E-state index contributed by atoms with van der Waals surface area (Å²) in [7, 11) is 0. The van der Waals surface area contributed by atoms with Gasteiger partial charge in [-0.15, -0.1) is 11.8 Å². The molecule has 0 spiro atoms. The van der Waals surface area contributed by atoms with Crippen LogP contribution in [-0.2, 0) is 14.4 Å². The fraction of sp³-hybridized carbons (Fsp3) is 0.438. The molecule has 2 atom stereocenters. The van der Waals surface area contributed by atoms with E-state index in [1.807, 2.05) is 31.2 Å². The van der Waals surface area contributed by atoms with Gasteiger partial charge in [0, 0.05) is 17.9 Å². The maximum atomic E-state index is 12.6. The van der Waals surface area contributed by atoms with Crippen LogP contribution >= 0.6 is 11.8 Å². The first-order chi connectivity index (χ1) is 11.1. The SMILES string of the molecule is Cc1ccccc1NC(=O)[C@H]1CSCN1C(=O)C1CCC(=O)N1. The molecule has 3 rings (SSSR count). The number of benzene rings is 1. The van der Waals surface area contributed by atoms with Crippen molar-refractivity contribution in [2.45, 2.75) is 31.8 Å². The smallest absolute Gasteiger partial charge is 0.248 e. The van der Waals surface area contributed by atoms with Gasteiger partial charge in [0.1, 0.15) is 12.1 Å². The zero-order valence-corrected chi connectivity index (χ0v) is 13.7. The van der Waals surface area contributed by atoms with Crippen molar-refractivity contribution < 1.29 is 14.4 Å². The average Bonchev–Trinajstić information content (AvgIpc) is 3.17. The minimum Gasteiger partial charge on any atom is -0.344 e. The summed E-state index contributed by atoms with van der Waals surface area (Å²) in [5.74, 6) is 0.616. The summed E-state index contributed by atoms with van der Waals surface area (Å²) in [5.41, 5.74) is 1.74. The van der Waals surface area contributed by atoms with E-state index in [-0.39, 0.29) is 17.7 Å². The third-order valence-corrected chi connectivity index (χ3v) is 5.18. The van der Waals surface area contributed by atoms with Crippen LogP contribution in [0.5, 0.6) is 0 Å². The molecule has 0 radical (unpaired) electrons. The minimum atomic E-state index is -0.496. The largest absolute Gasteiger partial charge is 0.344 e. The molecule has 0 bridgehead atoms. The molecule has 3 amide bonds. The van der Waals surface area contributed by atoms with E-state index in [9.17, 15) is 14.4 Å². The lowest BCUT2D eigenvalue weighted by Gasteiger charge is -2.26. The van der Waals surface area contributed by atoms with Gasteiger partial charge >= 0.3 is 0 Å². The second-order valence-corrected chi connectivity index (χ2v) is 6.79. The summed E-state index contributed by atoms with van der Waals surface area (Å²) in [6.45, 7) is 1.93. The van der Waals surface area contributed by atoms with Gasteiger partial charge in [0.05, 0.1) is 5.88 Å². The molecule has 1 unspecified atom stereocenters. The Bertz CT molecular complexity index is 649. The number of hydrogen-bond acceptors (Lipinski definition) is 4. The van der Waals surface area contributed by atoms with Crippen molar-refractivity contribution in [1.82, 2.24) is 10.2 Å². The molecule has 0 saturated carbocycles. The first kappa shape index (κ1) is 15.9. The quantitative estimate of drug-likeness (QED) is 0.869. The zero-order chi connectivity index (χ0) is 16.4. The monoisotopic (exact) mass is 333 g/mol. The number of nitrogens with zero attached hydrogens (tertiary/aromatic N) is 1. The van der Waals surface area contributed by atoms with Crippen molar-refractivity contribution in [2.75, 3.05) is 16.9 Å². The van der Waals surface area contributed by atoms with Crippen LogP contribution in [0.2, 0.25) is 0 Å². The van der Waals surface area contributed by atoms with E-state index >= 15 is 0 Å². The molecule has 23 heavy (non-hydrogen) atoms. The number of thioether (sulfide) groups is 1. The molecule has 0 aliphatic carbocycles. The summed E-state index contributed by atoms with van der Waals surface area (Å²) in [6, 6.07) is 6.56. The lowest BCUT2D eigenvalue weighted by atomic mass is 10.1. The van der Waals surface area contributed by atoms with Crippen LogP contribution in [0.25, 0.3) is 0 Å². The van der Waals surface area contributed by atoms with Crippen molar-refractivity contribution in [1.29, 1.82) is 0 Å². The Kier molecular flexibility index (Phi) is 4.56. The Morgan fingerprint density at radius 2 is 2.13 bits per heavy atom. The van der Waals surface area contributed by atoms with Gasteiger partial charge in [-0.1, -0.05) is 18.2 Å². The average molecular weight is 333 g/mol. The standard InChI is InChI=1S/C16H19N3O3S/c1-10-4-2-3-5-11(10)18-15(21)13-8-23-9-19(13)16(22)12-6-7-14(20)17-12/h2-5,12-13H,6-9H2,1H3,(H,17,20)(H,18,21)/t12?,13-/m1/s1. The lowest BCUT2D eigenvalue weighted by molar-refractivity contribution is -0.138. The molecule has 2 N–H and O–H groups in total. The first-order valence-corrected chi connectivity index (χ1v) is 8.76. The summed E-state index contributed by atoms with van der Waals surface area (Å²) in [4.78, 5) is 38.0. The van der Waals surface area contributed by atoms with Crippen molar-refractivity contribution in [3.63, 3.8) is 0 Å². The van der Waals surface area contributed by atoms with Crippen molar-refractivity contribution in [3.8, 4) is 0 Å². The number of carbonyl (C=O) groups is 3. The third kappa shape index (κ3) is 3.34. The molecule has 122 valence electrons. The number of anilines is 1. The van der Waals surface area contributed by atoms with Crippen molar-refractivity contribution in [3.05, 3.63) is 29.8 Å². The summed E-state index contributed by atoms with van der Waals surface area (Å²) >= 11 is 1.55. The van der Waals surface area contributed by atoms with Crippen molar-refractivity contribution >= 4 is 35.2 Å². The maximum absolute atomic E-state index is 12.6. The highest BCUT2D eigenvalue weighted by atomic mass is 32.2. The fourth-order valence-corrected chi connectivity index (χ4v) is 3.97. The van der Waals surface area contributed by atoms with Gasteiger partial charge in [-0.25, -0.2) is 0 Å². The van der Waals surface area contributed by atoms with Crippen LogP contribution in [-0.4, -0.2) is 46.3 Å². The highest BCUT2D eigenvalue weighted by Crippen LogP contribution is 2.25. The number of rotatable bonds is 3. The second kappa shape index (κ2) is 6.62. The highest BCUT2D eigenvalue weighted by molar-refractivity contribution is 7.99. The zero-order valence-electron chi connectivity index (χ0n) is 12.9. The molecule has 1 aromatic carbocycles. The van der Waals surface area contributed by atoms with E-state index in [1.165, 1.54) is 0 Å². The van der Waals surface area contributed by atoms with Gasteiger partial charge in [0.2, 0.25) is 17.7 Å². The Hall–Kier alpha value is -2.02. The first-order valence-electron chi connectivity index (χ1n) is 7.60. The normalized spacial score (nSPS) is 23.7. The van der Waals surface area contributed by atoms with Gasteiger partial charge in [0.15, 0.2) is 0 Å². The molecular weight excluding hydrogens is 314 g/mol. The van der Waals surface area contributed by atoms with E-state index in [0.29, 0.717) is 24.5 Å². The van der Waals surface area contributed by atoms with Crippen molar-refractivity contribution in [2.24, 2.45) is 0 Å². The topological polar surface area (TPSA) is 78.5 Å². The number of hydrogen-bond donors (Lipinski definition) is 2. The van der Waals surface area contributed by atoms with Crippen LogP contribution in [0.15, 0.2) is 24.3 Å². The Morgan fingerprint density at radius 3 is 2.83 bits per heavy atom. The number of aryl methyl sites for hydroxylation is 1. The summed E-state index contributed by atoms with van der Waals surface area (Å²) < 4.78 is 0. The minimum absolute atomic E-state index is 0.101. The summed E-state index contributed by atoms with van der Waals surface area (Å²) in [5, 5.41) is 5.58. The molecule has 7 heteroatoms. The van der Waals surface area contributed by atoms with E-state index in [2.05, 4.69) is 10.6 Å². The maximum Gasteiger partial charge on any atom is 0.248 e. The number of amides is 3.